The fraction of sp³-hybridized carbons (Fsp3) is 0.222. The number of carbonyl (C=O) groups excluding carboxylic acids is 1. The molecule has 2 aromatic rings. The molecule has 5 nitrogen and oxygen atoms in total. The van der Waals surface area contributed by atoms with Crippen LogP contribution in [0.3, 0.4) is 0 Å². The van der Waals surface area contributed by atoms with Crippen LogP contribution in [-0.2, 0) is 9.53 Å². The van der Waals surface area contributed by atoms with Gasteiger partial charge in [0.25, 0.3) is 5.91 Å². The van der Waals surface area contributed by atoms with Crippen molar-refractivity contribution in [3.8, 4) is 0 Å². The van der Waals surface area contributed by atoms with E-state index in [4.69, 9.17) is 9.15 Å². The maximum Gasteiger partial charge on any atom is 0.266 e. The van der Waals surface area contributed by atoms with Crippen LogP contribution in [0.15, 0.2) is 59.9 Å². The van der Waals surface area contributed by atoms with E-state index < -0.39 is 0 Å². The Kier molecular flexibility index (Phi) is 6.74. The number of methoxy groups -OCH3 is 1. The summed E-state index contributed by atoms with van der Waals surface area (Å²) in [6.45, 7) is 1.14. The summed E-state index contributed by atoms with van der Waals surface area (Å²) < 4.78 is 12.1. The molecule has 8 heteroatoms. The number of nitrogens with zero attached hydrogens (tertiary/aromatic N) is 2. The normalized spacial score (nSPS) is 17.7. The SMILES string of the molecule is COCCCN1C(=O)/C(=C/c2cc(Br)c(Br)o2)SC1=Nc1ccccc1. The molecule has 0 aliphatic carbocycles. The third kappa shape index (κ3) is 4.68. The van der Waals surface area contributed by atoms with E-state index in [0.717, 1.165) is 16.6 Å². The minimum absolute atomic E-state index is 0.0792. The van der Waals surface area contributed by atoms with Gasteiger partial charge in [-0.2, -0.15) is 0 Å². The highest BCUT2D eigenvalue weighted by molar-refractivity contribution is 9.13. The number of thioether (sulfide) groups is 1. The Balaban J connectivity index is 1.89. The molecule has 0 saturated carbocycles. The minimum Gasteiger partial charge on any atom is -0.449 e. The molecule has 3 rings (SSSR count). The Bertz CT molecular complexity index is 830. The van der Waals surface area contributed by atoms with E-state index in [0.29, 0.717) is 33.7 Å². The Morgan fingerprint density at radius 3 is 2.73 bits per heavy atom. The van der Waals surface area contributed by atoms with Crippen molar-refractivity contribution >= 4 is 66.5 Å². The number of rotatable bonds is 6. The largest absolute Gasteiger partial charge is 0.449 e. The van der Waals surface area contributed by atoms with Gasteiger partial charge in [0, 0.05) is 26.3 Å². The quantitative estimate of drug-likeness (QED) is 0.392. The van der Waals surface area contributed by atoms with E-state index in [9.17, 15) is 4.79 Å². The van der Waals surface area contributed by atoms with Crippen molar-refractivity contribution < 1.29 is 13.9 Å². The molecule has 26 heavy (non-hydrogen) atoms. The zero-order valence-electron chi connectivity index (χ0n) is 13.9. The molecule has 0 radical (unpaired) electrons. The number of benzene rings is 1. The molecule has 1 saturated heterocycles. The number of para-hydroxylation sites is 1. The van der Waals surface area contributed by atoms with Gasteiger partial charge in [-0.1, -0.05) is 18.2 Å². The number of carbonyl (C=O) groups is 1. The predicted octanol–water partition coefficient (Wildman–Crippen LogP) is 5.45. The average Bonchev–Trinajstić information content (AvgIpc) is 3.09. The van der Waals surface area contributed by atoms with Crippen molar-refractivity contribution in [3.05, 3.63) is 56.2 Å². The third-order valence-corrected chi connectivity index (χ3v) is 6.25. The maximum absolute atomic E-state index is 12.8. The Hall–Kier alpha value is -1.35. The van der Waals surface area contributed by atoms with Crippen LogP contribution >= 0.6 is 43.6 Å². The summed E-state index contributed by atoms with van der Waals surface area (Å²) >= 11 is 8.03. The fourth-order valence-corrected chi connectivity index (χ4v) is 3.94. The summed E-state index contributed by atoms with van der Waals surface area (Å²) in [6, 6.07) is 11.4. The van der Waals surface area contributed by atoms with E-state index in [-0.39, 0.29) is 5.91 Å². The molecule has 1 aliphatic rings. The van der Waals surface area contributed by atoms with E-state index in [1.807, 2.05) is 36.4 Å². The van der Waals surface area contributed by atoms with Gasteiger partial charge in [0.15, 0.2) is 9.84 Å². The van der Waals surface area contributed by atoms with E-state index >= 15 is 0 Å². The van der Waals surface area contributed by atoms with Crippen LogP contribution < -0.4 is 0 Å². The van der Waals surface area contributed by atoms with Crippen LogP contribution in [0.25, 0.3) is 6.08 Å². The number of amidine groups is 1. The summed E-state index contributed by atoms with van der Waals surface area (Å²) in [7, 11) is 1.65. The number of hydrogen-bond acceptors (Lipinski definition) is 5. The van der Waals surface area contributed by atoms with Crippen molar-refractivity contribution in [2.45, 2.75) is 6.42 Å². The molecule has 1 fully saturated rings. The van der Waals surface area contributed by atoms with Crippen molar-refractivity contribution in [3.63, 3.8) is 0 Å². The van der Waals surface area contributed by atoms with Gasteiger partial charge in [0.2, 0.25) is 0 Å². The van der Waals surface area contributed by atoms with E-state index in [1.54, 1.807) is 18.1 Å². The molecule has 1 aromatic carbocycles. The first kappa shape index (κ1) is 19.4. The average molecular weight is 500 g/mol. The molecule has 136 valence electrons. The second kappa shape index (κ2) is 9.03. The van der Waals surface area contributed by atoms with Crippen LogP contribution in [0, 0.1) is 0 Å². The topological polar surface area (TPSA) is 55.0 Å². The lowest BCUT2D eigenvalue weighted by Crippen LogP contribution is -2.30. The van der Waals surface area contributed by atoms with Crippen LogP contribution in [0.1, 0.15) is 12.2 Å². The molecule has 0 unspecified atom stereocenters. The molecule has 1 aliphatic heterocycles. The molecular weight excluding hydrogens is 484 g/mol. The van der Waals surface area contributed by atoms with Gasteiger partial charge in [0.05, 0.1) is 15.1 Å². The first-order valence-electron chi connectivity index (χ1n) is 7.87. The fourth-order valence-electron chi connectivity index (χ4n) is 2.33. The Labute approximate surface area is 172 Å². The standard InChI is InChI=1S/C18H16Br2N2O3S/c1-24-9-5-8-22-17(23)15(11-13-10-14(19)16(20)25-13)26-18(22)21-12-6-3-2-4-7-12/h2-4,6-7,10-11H,5,8-9H2,1H3/b15-11-,21-18?. The van der Waals surface area contributed by atoms with E-state index in [2.05, 4.69) is 36.9 Å². The highest BCUT2D eigenvalue weighted by Crippen LogP contribution is 2.36. The predicted molar refractivity (Wildman–Crippen MR) is 111 cm³/mol. The Morgan fingerprint density at radius 1 is 1.31 bits per heavy atom. The van der Waals surface area contributed by atoms with Crippen LogP contribution in [0.2, 0.25) is 0 Å². The zero-order chi connectivity index (χ0) is 18.5. The van der Waals surface area contributed by atoms with Crippen molar-refractivity contribution in [1.29, 1.82) is 0 Å². The van der Waals surface area contributed by atoms with Gasteiger partial charge in [-0.15, -0.1) is 0 Å². The van der Waals surface area contributed by atoms with Crippen LogP contribution in [0.5, 0.6) is 0 Å². The van der Waals surface area contributed by atoms with Gasteiger partial charge in [-0.3, -0.25) is 9.69 Å². The monoisotopic (exact) mass is 498 g/mol. The highest BCUT2D eigenvalue weighted by Gasteiger charge is 2.33. The first-order valence-corrected chi connectivity index (χ1v) is 10.3. The van der Waals surface area contributed by atoms with Crippen molar-refractivity contribution in [2.75, 3.05) is 20.3 Å². The zero-order valence-corrected chi connectivity index (χ0v) is 17.9. The second-order valence-corrected chi connectivity index (χ2v) is 8.00. The van der Waals surface area contributed by atoms with Gasteiger partial charge in [0.1, 0.15) is 5.76 Å². The van der Waals surface area contributed by atoms with E-state index in [1.165, 1.54) is 11.8 Å². The third-order valence-electron chi connectivity index (χ3n) is 3.54. The number of ether oxygens (including phenoxy) is 1. The number of halogens is 2. The minimum atomic E-state index is -0.0792. The van der Waals surface area contributed by atoms with Crippen LogP contribution in [-0.4, -0.2) is 36.2 Å². The summed E-state index contributed by atoms with van der Waals surface area (Å²) in [4.78, 5) is 19.7. The van der Waals surface area contributed by atoms with Gasteiger partial charge in [-0.25, -0.2) is 4.99 Å². The summed E-state index contributed by atoms with van der Waals surface area (Å²) in [6.07, 6.45) is 2.47. The number of aliphatic imine (C=N–C) groups is 1. The van der Waals surface area contributed by atoms with Crippen molar-refractivity contribution in [1.82, 2.24) is 4.90 Å². The molecule has 1 amide bonds. The number of amides is 1. The lowest BCUT2D eigenvalue weighted by molar-refractivity contribution is -0.122. The Morgan fingerprint density at radius 2 is 2.08 bits per heavy atom. The number of furan rings is 1. The van der Waals surface area contributed by atoms with Gasteiger partial charge >= 0.3 is 0 Å². The summed E-state index contributed by atoms with van der Waals surface area (Å²) in [5.74, 6) is 0.516. The van der Waals surface area contributed by atoms with Gasteiger partial charge in [-0.05, 0) is 68.2 Å². The molecule has 0 atom stereocenters. The molecule has 0 N–H and O–H groups in total. The van der Waals surface area contributed by atoms with Crippen LogP contribution in [0.4, 0.5) is 5.69 Å². The molecule has 0 bridgehead atoms. The molecule has 1 aromatic heterocycles. The lowest BCUT2D eigenvalue weighted by Gasteiger charge is -2.15. The molecule has 2 heterocycles. The molecular formula is C18H16Br2N2O3S. The lowest BCUT2D eigenvalue weighted by atomic mass is 10.3. The smallest absolute Gasteiger partial charge is 0.266 e. The first-order chi connectivity index (χ1) is 12.6. The second-order valence-electron chi connectivity index (χ2n) is 5.41. The van der Waals surface area contributed by atoms with Crippen molar-refractivity contribution in [2.24, 2.45) is 4.99 Å². The summed E-state index contributed by atoms with van der Waals surface area (Å²) in [5.41, 5.74) is 0.810. The van der Waals surface area contributed by atoms with Gasteiger partial charge < -0.3 is 9.15 Å². The maximum atomic E-state index is 12.8. The summed E-state index contributed by atoms with van der Waals surface area (Å²) in [5, 5.41) is 0.660. The number of hydrogen-bond donors (Lipinski definition) is 0. The highest BCUT2D eigenvalue weighted by atomic mass is 79.9. The molecule has 0 spiro atoms.